The number of hydrogen-bond donors (Lipinski definition) is 2. The number of carbonyl (C=O) groups excluding carboxylic acids is 1. The summed E-state index contributed by atoms with van der Waals surface area (Å²) in [5, 5.41) is 5.82. The zero-order valence-electron chi connectivity index (χ0n) is 13.0. The third-order valence-corrected chi connectivity index (χ3v) is 3.87. The average Bonchev–Trinajstić information content (AvgIpc) is 2.52. The second-order valence-electron chi connectivity index (χ2n) is 5.11. The summed E-state index contributed by atoms with van der Waals surface area (Å²) in [6.45, 7) is 3.88. The number of urea groups is 1. The van der Waals surface area contributed by atoms with E-state index in [1.54, 1.807) is 30.3 Å². The van der Waals surface area contributed by atoms with Gasteiger partial charge in [0, 0.05) is 17.1 Å². The number of nitrogens with one attached hydrogen (secondary N) is 2. The lowest BCUT2D eigenvalue weighted by Crippen LogP contribution is -2.37. The Morgan fingerprint density at radius 1 is 1.17 bits per heavy atom. The molecule has 4 nitrogen and oxygen atoms in total. The summed E-state index contributed by atoms with van der Waals surface area (Å²) >= 11 is 6.08. The molecule has 0 aliphatic rings. The second-order valence-corrected chi connectivity index (χ2v) is 5.49. The molecule has 0 unspecified atom stereocenters. The van der Waals surface area contributed by atoms with Crippen LogP contribution in [0, 0.1) is 19.7 Å². The topological polar surface area (TPSA) is 50.4 Å². The highest BCUT2D eigenvalue weighted by Gasteiger charge is 2.06. The first-order valence-corrected chi connectivity index (χ1v) is 7.50. The van der Waals surface area contributed by atoms with Gasteiger partial charge in [0.05, 0.1) is 0 Å². The largest absolute Gasteiger partial charge is 0.473 e. The summed E-state index contributed by atoms with van der Waals surface area (Å²) in [6, 6.07) is 9.45. The number of rotatable bonds is 5. The number of amides is 2. The SMILES string of the molecule is Cc1cc(OCNC(=O)NCc2ccccc2F)cc(C)c1Cl. The summed E-state index contributed by atoms with van der Waals surface area (Å²) in [5.74, 6) is 0.273. The first-order chi connectivity index (χ1) is 11.0. The Hall–Kier alpha value is -2.27. The first kappa shape index (κ1) is 17.1. The van der Waals surface area contributed by atoms with Gasteiger partial charge in [-0.3, -0.25) is 0 Å². The van der Waals surface area contributed by atoms with Crippen molar-refractivity contribution < 1.29 is 13.9 Å². The fourth-order valence-electron chi connectivity index (χ4n) is 2.05. The van der Waals surface area contributed by atoms with Crippen LogP contribution >= 0.6 is 11.6 Å². The van der Waals surface area contributed by atoms with Crippen molar-refractivity contribution >= 4 is 17.6 Å². The van der Waals surface area contributed by atoms with E-state index in [4.69, 9.17) is 16.3 Å². The van der Waals surface area contributed by atoms with Crippen LogP contribution in [0.25, 0.3) is 0 Å². The molecule has 2 rings (SSSR count). The Morgan fingerprint density at radius 3 is 2.48 bits per heavy atom. The minimum absolute atomic E-state index is 0.00359. The molecule has 23 heavy (non-hydrogen) atoms. The summed E-state index contributed by atoms with van der Waals surface area (Å²) < 4.78 is 18.9. The van der Waals surface area contributed by atoms with E-state index in [-0.39, 0.29) is 19.1 Å². The minimum Gasteiger partial charge on any atom is -0.473 e. The molecule has 0 atom stereocenters. The highest BCUT2D eigenvalue weighted by Crippen LogP contribution is 2.25. The Kier molecular flexibility index (Phi) is 5.82. The van der Waals surface area contributed by atoms with Crippen LogP contribution in [0.15, 0.2) is 36.4 Å². The maximum Gasteiger partial charge on any atom is 0.317 e. The molecule has 0 bridgehead atoms. The number of halogens is 2. The van der Waals surface area contributed by atoms with Crippen LogP contribution in [0.3, 0.4) is 0 Å². The lowest BCUT2D eigenvalue weighted by Gasteiger charge is -2.11. The van der Waals surface area contributed by atoms with E-state index >= 15 is 0 Å². The molecule has 0 saturated heterocycles. The van der Waals surface area contributed by atoms with E-state index in [1.807, 2.05) is 13.8 Å². The predicted octanol–water partition coefficient (Wildman–Crippen LogP) is 3.93. The Balaban J connectivity index is 1.78. The maximum atomic E-state index is 13.4. The third-order valence-electron chi connectivity index (χ3n) is 3.28. The van der Waals surface area contributed by atoms with Gasteiger partial charge in [-0.25, -0.2) is 9.18 Å². The molecule has 2 aromatic carbocycles. The smallest absolute Gasteiger partial charge is 0.317 e. The number of benzene rings is 2. The van der Waals surface area contributed by atoms with E-state index < -0.39 is 6.03 Å². The molecule has 0 aliphatic heterocycles. The van der Waals surface area contributed by atoms with Gasteiger partial charge in [0.1, 0.15) is 11.6 Å². The van der Waals surface area contributed by atoms with Gasteiger partial charge < -0.3 is 15.4 Å². The van der Waals surface area contributed by atoms with Crippen molar-refractivity contribution in [2.75, 3.05) is 6.73 Å². The van der Waals surface area contributed by atoms with Crippen molar-refractivity contribution in [3.63, 3.8) is 0 Å². The number of hydrogen-bond acceptors (Lipinski definition) is 2. The summed E-state index contributed by atoms with van der Waals surface area (Å²) in [4.78, 5) is 11.7. The molecule has 0 radical (unpaired) electrons. The molecule has 0 aromatic heterocycles. The van der Waals surface area contributed by atoms with Gasteiger partial charge in [-0.1, -0.05) is 29.8 Å². The number of aryl methyl sites for hydroxylation is 2. The fraction of sp³-hybridized carbons (Fsp3) is 0.235. The summed E-state index contributed by atoms with van der Waals surface area (Å²) in [5.41, 5.74) is 2.24. The van der Waals surface area contributed by atoms with Gasteiger partial charge in [0.2, 0.25) is 0 Å². The van der Waals surface area contributed by atoms with Gasteiger partial charge >= 0.3 is 6.03 Å². The Morgan fingerprint density at radius 2 is 1.83 bits per heavy atom. The van der Waals surface area contributed by atoms with E-state index in [0.717, 1.165) is 11.1 Å². The minimum atomic E-state index is -0.435. The standard InChI is InChI=1S/C17H18ClFN2O2/c1-11-7-14(8-12(2)16(11)18)23-10-21-17(22)20-9-13-5-3-4-6-15(13)19/h3-8H,9-10H2,1-2H3,(H2,20,21,22). The fourth-order valence-corrected chi connectivity index (χ4v) is 2.16. The van der Waals surface area contributed by atoms with Crippen LogP contribution in [0.4, 0.5) is 9.18 Å². The normalized spacial score (nSPS) is 10.3. The van der Waals surface area contributed by atoms with Crippen LogP contribution in [0.5, 0.6) is 5.75 Å². The zero-order valence-corrected chi connectivity index (χ0v) is 13.7. The highest BCUT2D eigenvalue weighted by molar-refractivity contribution is 6.32. The lowest BCUT2D eigenvalue weighted by atomic mass is 10.1. The molecule has 0 aliphatic carbocycles. The Bertz CT molecular complexity index is 684. The molecule has 0 spiro atoms. The van der Waals surface area contributed by atoms with E-state index in [9.17, 15) is 9.18 Å². The Labute approximate surface area is 139 Å². The van der Waals surface area contributed by atoms with Crippen molar-refractivity contribution in [1.29, 1.82) is 0 Å². The molecule has 2 aromatic rings. The molecular formula is C17H18ClFN2O2. The molecule has 2 amide bonds. The molecule has 0 heterocycles. The van der Waals surface area contributed by atoms with Crippen LogP contribution in [-0.2, 0) is 6.54 Å². The summed E-state index contributed by atoms with van der Waals surface area (Å²) in [7, 11) is 0. The van der Waals surface area contributed by atoms with Gasteiger partial charge in [0.25, 0.3) is 0 Å². The molecule has 2 N–H and O–H groups in total. The zero-order chi connectivity index (χ0) is 16.8. The monoisotopic (exact) mass is 336 g/mol. The van der Waals surface area contributed by atoms with E-state index in [2.05, 4.69) is 10.6 Å². The number of carbonyl (C=O) groups is 1. The molecule has 6 heteroatoms. The van der Waals surface area contributed by atoms with Crippen LogP contribution in [-0.4, -0.2) is 12.8 Å². The maximum absolute atomic E-state index is 13.4. The van der Waals surface area contributed by atoms with Crippen LogP contribution in [0.2, 0.25) is 5.02 Å². The van der Waals surface area contributed by atoms with Crippen LogP contribution in [0.1, 0.15) is 16.7 Å². The lowest BCUT2D eigenvalue weighted by molar-refractivity contribution is 0.223. The average molecular weight is 337 g/mol. The van der Waals surface area contributed by atoms with Crippen molar-refractivity contribution in [2.45, 2.75) is 20.4 Å². The molecular weight excluding hydrogens is 319 g/mol. The van der Waals surface area contributed by atoms with Crippen LogP contribution < -0.4 is 15.4 Å². The molecule has 122 valence electrons. The van der Waals surface area contributed by atoms with Crippen molar-refractivity contribution in [1.82, 2.24) is 10.6 Å². The first-order valence-electron chi connectivity index (χ1n) is 7.12. The predicted molar refractivity (Wildman–Crippen MR) is 88.2 cm³/mol. The van der Waals surface area contributed by atoms with Gasteiger partial charge in [0.15, 0.2) is 6.73 Å². The summed E-state index contributed by atoms with van der Waals surface area (Å²) in [6.07, 6.45) is 0. The quantitative estimate of drug-likeness (QED) is 0.813. The molecule has 0 saturated carbocycles. The van der Waals surface area contributed by atoms with Crippen molar-refractivity contribution in [2.24, 2.45) is 0 Å². The van der Waals surface area contributed by atoms with Crippen molar-refractivity contribution in [3.05, 3.63) is 63.9 Å². The van der Waals surface area contributed by atoms with E-state index in [1.165, 1.54) is 6.07 Å². The number of ether oxygens (including phenoxy) is 1. The van der Waals surface area contributed by atoms with Gasteiger partial charge in [-0.15, -0.1) is 0 Å². The van der Waals surface area contributed by atoms with Gasteiger partial charge in [-0.05, 0) is 43.2 Å². The molecule has 0 fully saturated rings. The highest BCUT2D eigenvalue weighted by atomic mass is 35.5. The van der Waals surface area contributed by atoms with Crippen molar-refractivity contribution in [3.8, 4) is 5.75 Å². The second kappa shape index (κ2) is 7.83. The van der Waals surface area contributed by atoms with Gasteiger partial charge in [-0.2, -0.15) is 0 Å². The third kappa shape index (κ3) is 4.86. The van der Waals surface area contributed by atoms with E-state index in [0.29, 0.717) is 16.3 Å².